The fourth-order valence-corrected chi connectivity index (χ4v) is 0.630. The molecule has 0 aromatic rings. The summed E-state index contributed by atoms with van der Waals surface area (Å²) < 4.78 is 0. The van der Waals surface area contributed by atoms with E-state index in [1.165, 1.54) is 0 Å². The van der Waals surface area contributed by atoms with Gasteiger partial charge >= 0.3 is 15.1 Å². The van der Waals surface area contributed by atoms with E-state index < -0.39 is 5.03 Å². The number of nitrogens with one attached hydrogen (secondary N) is 2. The average Bonchev–Trinajstić information content (AvgIpc) is 1.90. The van der Waals surface area contributed by atoms with Gasteiger partial charge in [0.1, 0.15) is 5.03 Å². The van der Waals surface area contributed by atoms with E-state index in [2.05, 4.69) is 10.3 Å². The van der Waals surface area contributed by atoms with Crippen molar-refractivity contribution in [2.75, 3.05) is 0 Å². The highest BCUT2D eigenvalue weighted by Crippen LogP contribution is 1.79. The smallest absolute Gasteiger partial charge is 0.368 e. The summed E-state index contributed by atoms with van der Waals surface area (Å²) >= 11 is 0. The molecule has 1 aliphatic rings. The Balaban J connectivity index is 2.31. The number of hydrogen-bond acceptors (Lipinski definition) is 4. The first-order valence-electron chi connectivity index (χ1n) is 2.61. The van der Waals surface area contributed by atoms with Gasteiger partial charge in [0, 0.05) is 0 Å². The maximum absolute atomic E-state index is 10.0. The predicted octanol–water partition coefficient (Wildman–Crippen LogP) is -3.53. The van der Waals surface area contributed by atoms with Crippen molar-refractivity contribution in [3.05, 3.63) is 10.1 Å². The lowest BCUT2D eigenvalue weighted by molar-refractivity contribution is -0.594. The highest BCUT2D eigenvalue weighted by Gasteiger charge is 2.20. The summed E-state index contributed by atoms with van der Waals surface area (Å²) in [7, 11) is 1.28. The Hall–Kier alpha value is -0.685. The van der Waals surface area contributed by atoms with Gasteiger partial charge in [-0.1, -0.05) is 0 Å². The second-order valence-corrected chi connectivity index (χ2v) is 1.74. The number of nitro groups is 1. The summed E-state index contributed by atoms with van der Waals surface area (Å²) in [5, 5.41) is 15.2. The van der Waals surface area contributed by atoms with Crippen LogP contribution in [0.25, 0.3) is 0 Å². The first-order valence-corrected chi connectivity index (χ1v) is 2.61. The van der Waals surface area contributed by atoms with Crippen molar-refractivity contribution in [3.63, 3.8) is 0 Å². The Labute approximate surface area is 53.9 Å². The first kappa shape index (κ1) is 6.44. The van der Waals surface area contributed by atoms with Crippen molar-refractivity contribution in [2.24, 2.45) is 0 Å². The van der Waals surface area contributed by atoms with Crippen molar-refractivity contribution in [1.29, 1.82) is 0 Å². The molecule has 9 heavy (non-hydrogen) atoms. The number of hydrazine groups is 1. The van der Waals surface area contributed by atoms with E-state index in [9.17, 15) is 10.1 Å². The Bertz CT molecular complexity index is 110. The molecule has 0 saturated carbocycles. The van der Waals surface area contributed by atoms with Gasteiger partial charge in [-0.05, 0) is 0 Å². The molecule has 1 heterocycles. The molecule has 0 bridgehead atoms. The van der Waals surface area contributed by atoms with E-state index in [1.807, 2.05) is 0 Å². The molecule has 0 radical (unpaired) electrons. The SMILES string of the molecule is O=[N+]([O-])N1BNBNB1. The highest BCUT2D eigenvalue weighted by atomic mass is 16.7. The minimum atomic E-state index is -0.431. The lowest BCUT2D eigenvalue weighted by atomic mass is 9.83. The molecule has 1 saturated heterocycles. The molecule has 1 fully saturated rings. The fourth-order valence-electron chi connectivity index (χ4n) is 0.630. The van der Waals surface area contributed by atoms with Gasteiger partial charge < -0.3 is 10.3 Å². The summed E-state index contributed by atoms with van der Waals surface area (Å²) in [6, 6.07) is 0. The topological polar surface area (TPSA) is 70.4 Å². The normalized spacial score (nSPS) is 17.1. The van der Waals surface area contributed by atoms with Gasteiger partial charge in [0.2, 0.25) is 0 Å². The fraction of sp³-hybridized carbons (Fsp3) is 0. The maximum atomic E-state index is 10.0. The molecule has 0 aromatic carbocycles. The molecule has 2 N–H and O–H groups in total. The number of hydrogen-bond donors (Lipinski definition) is 2. The third-order valence-corrected chi connectivity index (χ3v) is 1.07. The lowest BCUT2D eigenvalue weighted by Crippen LogP contribution is -2.59. The Morgan fingerprint density at radius 1 is 1.44 bits per heavy atom. The number of nitrogens with zero attached hydrogens (tertiary/aromatic N) is 2. The average molecular weight is 126 g/mol. The van der Waals surface area contributed by atoms with Crippen LogP contribution in [-0.4, -0.2) is 32.5 Å². The summed E-state index contributed by atoms with van der Waals surface area (Å²) in [4.78, 5) is 11.1. The summed E-state index contributed by atoms with van der Waals surface area (Å²) in [5.41, 5.74) is 0. The van der Waals surface area contributed by atoms with Crippen molar-refractivity contribution in [2.45, 2.75) is 0 Å². The molecule has 0 atom stereocenters. The quantitative estimate of drug-likeness (QED) is 0.216. The van der Waals surface area contributed by atoms with E-state index in [1.54, 1.807) is 0 Å². The van der Waals surface area contributed by atoms with Gasteiger partial charge in [0.05, 0.1) is 0 Å². The van der Waals surface area contributed by atoms with Crippen molar-refractivity contribution >= 4 is 22.6 Å². The van der Waals surface area contributed by atoms with Gasteiger partial charge in [-0.3, -0.25) is 0 Å². The molecular weight excluding hydrogens is 120 g/mol. The van der Waals surface area contributed by atoms with Crippen LogP contribution in [-0.2, 0) is 0 Å². The first-order chi connectivity index (χ1) is 4.30. The van der Waals surface area contributed by atoms with Crippen LogP contribution >= 0.6 is 0 Å². The predicted molar refractivity (Wildman–Crippen MR) is 36.6 cm³/mol. The van der Waals surface area contributed by atoms with Crippen LogP contribution in [0.2, 0.25) is 0 Å². The largest absolute Gasteiger partial charge is 0.369 e. The van der Waals surface area contributed by atoms with Gasteiger partial charge in [0.25, 0.3) is 7.55 Å². The van der Waals surface area contributed by atoms with Crippen LogP contribution < -0.4 is 10.3 Å². The number of rotatable bonds is 1. The van der Waals surface area contributed by atoms with Crippen LogP contribution in [0.1, 0.15) is 0 Å². The zero-order chi connectivity index (χ0) is 6.69. The third kappa shape index (κ3) is 1.61. The maximum Gasteiger partial charge on any atom is 0.369 e. The molecule has 1 aliphatic heterocycles. The van der Waals surface area contributed by atoms with Crippen LogP contribution in [0.3, 0.4) is 0 Å². The van der Waals surface area contributed by atoms with Crippen LogP contribution in [0.5, 0.6) is 0 Å². The van der Waals surface area contributed by atoms with Crippen molar-refractivity contribution < 1.29 is 5.03 Å². The minimum Gasteiger partial charge on any atom is -0.368 e. The van der Waals surface area contributed by atoms with E-state index in [0.29, 0.717) is 22.6 Å². The Morgan fingerprint density at radius 3 is 2.33 bits per heavy atom. The van der Waals surface area contributed by atoms with Crippen LogP contribution in [0.15, 0.2) is 0 Å². The van der Waals surface area contributed by atoms with E-state index >= 15 is 0 Å². The van der Waals surface area contributed by atoms with Gasteiger partial charge in [-0.25, -0.2) is 10.1 Å². The molecule has 0 unspecified atom stereocenters. The summed E-state index contributed by atoms with van der Waals surface area (Å²) in [6.45, 7) is 0. The Morgan fingerprint density at radius 2 is 2.00 bits per heavy atom. The monoisotopic (exact) mass is 126 g/mol. The summed E-state index contributed by atoms with van der Waals surface area (Å²) in [6.07, 6.45) is 0. The molecule has 0 spiro atoms. The van der Waals surface area contributed by atoms with Crippen LogP contribution in [0, 0.1) is 10.1 Å². The molecule has 9 heteroatoms. The standard InChI is InChI=1S/B3H5N4O2/c8-7(9)6-2-4-1-5-3-6/h1-5H. The minimum absolute atomic E-state index is 0.319. The van der Waals surface area contributed by atoms with E-state index in [-0.39, 0.29) is 0 Å². The molecule has 6 nitrogen and oxygen atoms in total. The van der Waals surface area contributed by atoms with Gasteiger partial charge in [0.15, 0.2) is 0 Å². The molecule has 46 valence electrons. The molecule has 0 aliphatic carbocycles. The van der Waals surface area contributed by atoms with Crippen LogP contribution in [0.4, 0.5) is 0 Å². The van der Waals surface area contributed by atoms with E-state index in [4.69, 9.17) is 0 Å². The van der Waals surface area contributed by atoms with E-state index in [0.717, 1.165) is 4.83 Å². The second kappa shape index (κ2) is 2.74. The lowest BCUT2D eigenvalue weighted by Gasteiger charge is -2.17. The zero-order valence-electron chi connectivity index (χ0n) is 4.83. The third-order valence-electron chi connectivity index (χ3n) is 1.07. The molecule has 0 amide bonds. The Kier molecular flexibility index (Phi) is 1.96. The molecule has 0 aromatic heterocycles. The van der Waals surface area contributed by atoms with Crippen molar-refractivity contribution in [1.82, 2.24) is 15.1 Å². The molecular formula is H5B3N4O2. The molecule has 1 rings (SSSR count). The zero-order valence-corrected chi connectivity index (χ0v) is 4.83. The summed E-state index contributed by atoms with van der Waals surface area (Å²) in [5.74, 6) is 0. The van der Waals surface area contributed by atoms with Crippen molar-refractivity contribution in [3.8, 4) is 0 Å². The van der Waals surface area contributed by atoms with Gasteiger partial charge in [-0.2, -0.15) is 4.83 Å². The second-order valence-electron chi connectivity index (χ2n) is 1.74. The highest BCUT2D eigenvalue weighted by molar-refractivity contribution is 6.64. The van der Waals surface area contributed by atoms with Gasteiger partial charge in [-0.15, -0.1) is 0 Å².